The van der Waals surface area contributed by atoms with Crippen molar-refractivity contribution in [1.29, 1.82) is 0 Å². The summed E-state index contributed by atoms with van der Waals surface area (Å²) >= 11 is 5.67. The van der Waals surface area contributed by atoms with Gasteiger partial charge in [-0.1, -0.05) is 11.6 Å². The van der Waals surface area contributed by atoms with Crippen LogP contribution in [0.1, 0.15) is 5.56 Å². The third-order valence-corrected chi connectivity index (χ3v) is 4.65. The van der Waals surface area contributed by atoms with E-state index in [0.29, 0.717) is 0 Å². The first kappa shape index (κ1) is 16.9. The van der Waals surface area contributed by atoms with Gasteiger partial charge in [0.2, 0.25) is 10.0 Å². The van der Waals surface area contributed by atoms with Crippen molar-refractivity contribution in [2.75, 3.05) is 6.61 Å². The molecule has 1 heterocycles. The lowest BCUT2D eigenvalue weighted by Crippen LogP contribution is -2.39. The van der Waals surface area contributed by atoms with E-state index in [9.17, 15) is 17.9 Å². The lowest BCUT2D eigenvalue weighted by molar-refractivity contribution is 0.256. The first-order valence-electron chi connectivity index (χ1n) is 6.37. The van der Waals surface area contributed by atoms with E-state index in [4.69, 9.17) is 11.6 Å². The maximum absolute atomic E-state index is 13.3. The van der Waals surface area contributed by atoms with Crippen LogP contribution in [0.3, 0.4) is 0 Å². The van der Waals surface area contributed by atoms with Crippen LogP contribution in [0.2, 0.25) is 5.02 Å². The molecule has 0 unspecified atom stereocenters. The maximum atomic E-state index is 13.3. The molecule has 0 fully saturated rings. The second kappa shape index (κ2) is 6.74. The van der Waals surface area contributed by atoms with Crippen LogP contribution >= 0.6 is 11.6 Å². The van der Waals surface area contributed by atoms with E-state index in [0.717, 1.165) is 23.8 Å². The molecule has 9 heteroatoms. The Labute approximate surface area is 132 Å². The first-order valence-corrected chi connectivity index (χ1v) is 8.23. The molecule has 0 bridgehead atoms. The monoisotopic (exact) mass is 347 g/mol. The van der Waals surface area contributed by atoms with Gasteiger partial charge in [0.1, 0.15) is 5.82 Å². The molecule has 2 N–H and O–H groups in total. The van der Waals surface area contributed by atoms with Gasteiger partial charge in [-0.3, -0.25) is 4.68 Å². The smallest absolute Gasteiger partial charge is 0.241 e. The van der Waals surface area contributed by atoms with Crippen molar-refractivity contribution in [2.45, 2.75) is 17.4 Å². The number of benzene rings is 1. The number of rotatable bonds is 6. The highest BCUT2D eigenvalue weighted by atomic mass is 35.5. The predicted molar refractivity (Wildman–Crippen MR) is 79.5 cm³/mol. The molecule has 1 atom stereocenters. The predicted octanol–water partition coefficient (Wildman–Crippen LogP) is 1.09. The normalized spacial score (nSPS) is 13.3. The van der Waals surface area contributed by atoms with Crippen LogP contribution in [0, 0.1) is 5.82 Å². The molecule has 1 aromatic heterocycles. The number of nitrogens with one attached hydrogen (secondary N) is 1. The molecule has 0 aliphatic heterocycles. The van der Waals surface area contributed by atoms with Gasteiger partial charge in [-0.05, 0) is 30.2 Å². The molecule has 0 aliphatic rings. The van der Waals surface area contributed by atoms with Crippen molar-refractivity contribution in [3.63, 3.8) is 0 Å². The molecule has 6 nitrogen and oxygen atoms in total. The number of hydrogen-bond acceptors (Lipinski definition) is 4. The molecule has 0 spiro atoms. The topological polar surface area (TPSA) is 84.2 Å². The van der Waals surface area contributed by atoms with Crippen LogP contribution in [0.15, 0.2) is 35.5 Å². The summed E-state index contributed by atoms with van der Waals surface area (Å²) in [5, 5.41) is 13.3. The number of aliphatic hydroxyl groups excluding tert-OH is 1. The van der Waals surface area contributed by atoms with Crippen LogP contribution in [-0.4, -0.2) is 36.0 Å². The van der Waals surface area contributed by atoms with Crippen molar-refractivity contribution in [1.82, 2.24) is 14.5 Å². The van der Waals surface area contributed by atoms with Gasteiger partial charge in [0, 0.05) is 24.3 Å². The van der Waals surface area contributed by atoms with Crippen LogP contribution < -0.4 is 4.72 Å². The number of aryl methyl sites for hydroxylation is 1. The highest BCUT2D eigenvalue weighted by Gasteiger charge is 2.21. The van der Waals surface area contributed by atoms with E-state index >= 15 is 0 Å². The highest BCUT2D eigenvalue weighted by Crippen LogP contribution is 2.18. The third kappa shape index (κ3) is 4.26. The summed E-state index contributed by atoms with van der Waals surface area (Å²) in [6.07, 6.45) is 3.55. The summed E-state index contributed by atoms with van der Waals surface area (Å²) in [6.45, 7) is -0.406. The number of nitrogens with zero attached hydrogens (tertiary/aromatic N) is 2. The second-order valence-electron chi connectivity index (χ2n) is 4.83. The summed E-state index contributed by atoms with van der Waals surface area (Å²) in [5.41, 5.74) is 0.765. The van der Waals surface area contributed by atoms with E-state index in [1.165, 1.54) is 0 Å². The zero-order chi connectivity index (χ0) is 16.3. The Morgan fingerprint density at radius 3 is 2.73 bits per heavy atom. The van der Waals surface area contributed by atoms with Gasteiger partial charge < -0.3 is 5.11 Å². The van der Waals surface area contributed by atoms with Crippen molar-refractivity contribution in [2.24, 2.45) is 7.05 Å². The van der Waals surface area contributed by atoms with Gasteiger partial charge in [-0.25, -0.2) is 17.5 Å². The Bertz CT molecular complexity index is 743. The molecule has 0 saturated carbocycles. The van der Waals surface area contributed by atoms with Crippen molar-refractivity contribution < 1.29 is 17.9 Å². The molecule has 1 aromatic carbocycles. The molecular weight excluding hydrogens is 333 g/mol. The van der Waals surface area contributed by atoms with Crippen molar-refractivity contribution >= 4 is 21.6 Å². The Morgan fingerprint density at radius 1 is 1.45 bits per heavy atom. The summed E-state index contributed by atoms with van der Waals surface area (Å²) < 4.78 is 41.7. The minimum atomic E-state index is -3.99. The highest BCUT2D eigenvalue weighted by molar-refractivity contribution is 7.89. The molecule has 0 aliphatic carbocycles. The van der Waals surface area contributed by atoms with Gasteiger partial charge in [0.25, 0.3) is 0 Å². The maximum Gasteiger partial charge on any atom is 0.241 e. The van der Waals surface area contributed by atoms with Crippen molar-refractivity contribution in [3.8, 4) is 0 Å². The molecule has 2 aromatic rings. The average molecular weight is 348 g/mol. The fourth-order valence-corrected chi connectivity index (χ4v) is 3.55. The molecule has 0 radical (unpaired) electrons. The number of aliphatic hydroxyl groups is 1. The Kier molecular flexibility index (Phi) is 5.17. The Hall–Kier alpha value is -1.48. The van der Waals surface area contributed by atoms with Gasteiger partial charge in [0.05, 0.1) is 17.7 Å². The summed E-state index contributed by atoms with van der Waals surface area (Å²) in [7, 11) is -2.26. The number of hydrogen-bond donors (Lipinski definition) is 2. The molecule has 22 heavy (non-hydrogen) atoms. The summed E-state index contributed by atoms with van der Waals surface area (Å²) in [5.74, 6) is -0.749. The Balaban J connectivity index is 2.18. The number of halogens is 2. The molecule has 0 saturated heterocycles. The van der Waals surface area contributed by atoms with Crippen LogP contribution in [0.5, 0.6) is 0 Å². The number of aromatic nitrogens is 2. The fraction of sp³-hybridized carbons (Fsp3) is 0.308. The minimum absolute atomic E-state index is 0.0202. The average Bonchev–Trinajstić information content (AvgIpc) is 2.82. The summed E-state index contributed by atoms with van der Waals surface area (Å²) in [4.78, 5) is -0.290. The number of sulfonamides is 1. The zero-order valence-corrected chi connectivity index (χ0v) is 13.3. The quantitative estimate of drug-likeness (QED) is 0.819. The molecule has 0 amide bonds. The third-order valence-electron chi connectivity index (χ3n) is 2.93. The van der Waals surface area contributed by atoms with Crippen LogP contribution in [0.4, 0.5) is 4.39 Å². The molecule has 120 valence electrons. The van der Waals surface area contributed by atoms with Gasteiger partial charge in [-0.15, -0.1) is 0 Å². The van der Waals surface area contributed by atoms with E-state index in [1.807, 2.05) is 0 Å². The SMILES string of the molecule is Cn1cc(C[C@@H](CO)NS(=O)(=O)c2cc(F)cc(Cl)c2)cn1. The minimum Gasteiger partial charge on any atom is -0.395 e. The van der Waals surface area contributed by atoms with Crippen LogP contribution in [0.25, 0.3) is 0 Å². The van der Waals surface area contributed by atoms with Gasteiger partial charge in [-0.2, -0.15) is 5.10 Å². The van der Waals surface area contributed by atoms with E-state index in [1.54, 1.807) is 24.1 Å². The fourth-order valence-electron chi connectivity index (χ4n) is 1.98. The second-order valence-corrected chi connectivity index (χ2v) is 6.98. The largest absolute Gasteiger partial charge is 0.395 e. The molecular formula is C13H15ClFN3O3S. The van der Waals surface area contributed by atoms with Gasteiger partial charge in [0.15, 0.2) is 0 Å². The first-order chi connectivity index (χ1) is 10.3. The zero-order valence-electron chi connectivity index (χ0n) is 11.7. The van der Waals surface area contributed by atoms with Gasteiger partial charge >= 0.3 is 0 Å². The lowest BCUT2D eigenvalue weighted by atomic mass is 10.1. The van der Waals surface area contributed by atoms with E-state index in [-0.39, 0.29) is 16.3 Å². The van der Waals surface area contributed by atoms with E-state index in [2.05, 4.69) is 9.82 Å². The molecule has 2 rings (SSSR count). The lowest BCUT2D eigenvalue weighted by Gasteiger charge is -2.16. The Morgan fingerprint density at radius 2 is 2.18 bits per heavy atom. The summed E-state index contributed by atoms with van der Waals surface area (Å²) in [6, 6.07) is 2.27. The van der Waals surface area contributed by atoms with E-state index < -0.39 is 28.5 Å². The van der Waals surface area contributed by atoms with Crippen molar-refractivity contribution in [3.05, 3.63) is 47.0 Å². The van der Waals surface area contributed by atoms with Crippen LogP contribution in [-0.2, 0) is 23.5 Å². The standard InChI is InChI=1S/C13H15ClFN3O3S/c1-18-7-9(6-16-18)2-12(8-19)17-22(20,21)13-4-10(14)3-11(15)5-13/h3-7,12,17,19H,2,8H2,1H3/t12-/m0/s1.